The number of hydrogen-bond donors (Lipinski definition) is 4. The SMILES string of the molecule is CC(C)CCOc1ccccc1C(=O)NC(=S)NNC(=O)c1ccc(NC(=O)C2CCCCC2)cc1. The zero-order valence-electron chi connectivity index (χ0n) is 20.8. The second-order valence-electron chi connectivity index (χ2n) is 9.29. The number of para-hydroxylation sites is 1. The number of benzene rings is 2. The van der Waals surface area contributed by atoms with Gasteiger partial charge < -0.3 is 10.1 Å². The van der Waals surface area contributed by atoms with Gasteiger partial charge in [0.2, 0.25) is 5.91 Å². The molecule has 8 nitrogen and oxygen atoms in total. The predicted octanol–water partition coefficient (Wildman–Crippen LogP) is 4.58. The van der Waals surface area contributed by atoms with Crippen molar-refractivity contribution >= 4 is 40.7 Å². The van der Waals surface area contributed by atoms with E-state index in [-0.39, 0.29) is 16.9 Å². The van der Waals surface area contributed by atoms with Gasteiger partial charge in [0.15, 0.2) is 5.11 Å². The lowest BCUT2D eigenvalue weighted by atomic mass is 9.88. The number of hydrazine groups is 1. The third kappa shape index (κ3) is 8.34. The molecule has 0 spiro atoms. The average Bonchev–Trinajstić information content (AvgIpc) is 2.88. The second-order valence-corrected chi connectivity index (χ2v) is 9.70. The van der Waals surface area contributed by atoms with E-state index in [1.165, 1.54) is 6.42 Å². The molecule has 4 N–H and O–H groups in total. The van der Waals surface area contributed by atoms with Gasteiger partial charge in [0.25, 0.3) is 11.8 Å². The molecule has 0 atom stereocenters. The van der Waals surface area contributed by atoms with Gasteiger partial charge in [-0.1, -0.05) is 45.2 Å². The number of nitrogens with one attached hydrogen (secondary N) is 4. The molecule has 0 unspecified atom stereocenters. The van der Waals surface area contributed by atoms with Crippen molar-refractivity contribution in [3.63, 3.8) is 0 Å². The largest absolute Gasteiger partial charge is 0.493 e. The van der Waals surface area contributed by atoms with E-state index < -0.39 is 11.8 Å². The van der Waals surface area contributed by atoms with Gasteiger partial charge in [-0.2, -0.15) is 0 Å². The Morgan fingerprint density at radius 2 is 1.64 bits per heavy atom. The second kappa shape index (κ2) is 13.6. The first-order valence-electron chi connectivity index (χ1n) is 12.4. The molecule has 1 fully saturated rings. The number of rotatable bonds is 8. The van der Waals surface area contributed by atoms with Gasteiger partial charge in [0, 0.05) is 17.2 Å². The first kappa shape index (κ1) is 27.1. The van der Waals surface area contributed by atoms with Crippen LogP contribution in [0.5, 0.6) is 5.75 Å². The molecule has 2 aromatic rings. The fourth-order valence-electron chi connectivity index (χ4n) is 3.89. The van der Waals surface area contributed by atoms with Crippen LogP contribution < -0.4 is 26.2 Å². The molecule has 9 heteroatoms. The van der Waals surface area contributed by atoms with E-state index in [1.54, 1.807) is 48.5 Å². The molecule has 3 amide bonds. The van der Waals surface area contributed by atoms with Gasteiger partial charge in [-0.25, -0.2) is 0 Å². The highest BCUT2D eigenvalue weighted by atomic mass is 32.1. The van der Waals surface area contributed by atoms with Crippen molar-refractivity contribution in [2.45, 2.75) is 52.4 Å². The van der Waals surface area contributed by atoms with Gasteiger partial charge in [0.05, 0.1) is 12.2 Å². The van der Waals surface area contributed by atoms with Crippen molar-refractivity contribution < 1.29 is 19.1 Å². The van der Waals surface area contributed by atoms with E-state index >= 15 is 0 Å². The molecule has 0 aliphatic heterocycles. The topological polar surface area (TPSA) is 109 Å². The third-order valence-corrected chi connectivity index (χ3v) is 6.20. The number of amides is 3. The summed E-state index contributed by atoms with van der Waals surface area (Å²) in [6.07, 6.45) is 6.08. The Hall–Kier alpha value is -3.46. The highest BCUT2D eigenvalue weighted by molar-refractivity contribution is 7.80. The van der Waals surface area contributed by atoms with Crippen LogP contribution in [0.4, 0.5) is 5.69 Å². The van der Waals surface area contributed by atoms with Gasteiger partial charge >= 0.3 is 0 Å². The highest BCUT2D eigenvalue weighted by Crippen LogP contribution is 2.25. The minimum absolute atomic E-state index is 0.0292. The number of carbonyl (C=O) groups excluding carboxylic acids is 3. The van der Waals surface area contributed by atoms with Crippen molar-refractivity contribution in [3.05, 3.63) is 59.7 Å². The van der Waals surface area contributed by atoms with Crippen LogP contribution in [-0.4, -0.2) is 29.4 Å². The van der Waals surface area contributed by atoms with E-state index in [0.29, 0.717) is 35.1 Å². The molecular weight excluding hydrogens is 476 g/mol. The van der Waals surface area contributed by atoms with Crippen LogP contribution in [-0.2, 0) is 4.79 Å². The molecule has 0 heterocycles. The summed E-state index contributed by atoms with van der Waals surface area (Å²) in [5.74, 6) is 0.164. The zero-order valence-corrected chi connectivity index (χ0v) is 21.6. The molecule has 192 valence electrons. The molecule has 3 rings (SSSR count). The number of carbonyl (C=O) groups is 3. The van der Waals surface area contributed by atoms with Crippen LogP contribution in [0.25, 0.3) is 0 Å². The van der Waals surface area contributed by atoms with Crippen molar-refractivity contribution in [3.8, 4) is 5.75 Å². The molecule has 0 radical (unpaired) electrons. The average molecular weight is 511 g/mol. The first-order valence-corrected chi connectivity index (χ1v) is 12.8. The minimum atomic E-state index is -0.444. The maximum atomic E-state index is 12.7. The lowest BCUT2D eigenvalue weighted by Crippen LogP contribution is -2.48. The molecule has 1 aliphatic rings. The fourth-order valence-corrected chi connectivity index (χ4v) is 4.03. The molecule has 0 bridgehead atoms. The van der Waals surface area contributed by atoms with E-state index in [0.717, 1.165) is 32.1 Å². The Kier molecular flexibility index (Phi) is 10.2. The number of hydrogen-bond acceptors (Lipinski definition) is 5. The molecule has 36 heavy (non-hydrogen) atoms. The molecular formula is C27H34N4O4S. The predicted molar refractivity (Wildman–Crippen MR) is 144 cm³/mol. The molecule has 0 saturated heterocycles. The van der Waals surface area contributed by atoms with E-state index in [2.05, 4.69) is 35.3 Å². The van der Waals surface area contributed by atoms with Gasteiger partial charge in [-0.05, 0) is 73.8 Å². The zero-order chi connectivity index (χ0) is 25.9. The summed E-state index contributed by atoms with van der Waals surface area (Å²) < 4.78 is 5.75. The summed E-state index contributed by atoms with van der Waals surface area (Å²) in [6.45, 7) is 4.71. The summed E-state index contributed by atoms with van der Waals surface area (Å²) >= 11 is 5.15. The Morgan fingerprint density at radius 3 is 2.33 bits per heavy atom. The lowest BCUT2D eigenvalue weighted by molar-refractivity contribution is -0.120. The Labute approximate surface area is 217 Å². The van der Waals surface area contributed by atoms with E-state index in [4.69, 9.17) is 17.0 Å². The van der Waals surface area contributed by atoms with Gasteiger partial charge in [0.1, 0.15) is 5.75 Å². The highest BCUT2D eigenvalue weighted by Gasteiger charge is 2.21. The lowest BCUT2D eigenvalue weighted by Gasteiger charge is -2.20. The summed E-state index contributed by atoms with van der Waals surface area (Å²) in [5.41, 5.74) is 6.37. The summed E-state index contributed by atoms with van der Waals surface area (Å²) in [5, 5.41) is 5.41. The van der Waals surface area contributed by atoms with Crippen LogP contribution >= 0.6 is 12.2 Å². The maximum Gasteiger partial charge on any atom is 0.269 e. The van der Waals surface area contributed by atoms with E-state index in [9.17, 15) is 14.4 Å². The standard InChI is InChI=1S/C27H34N4O4S/c1-18(2)16-17-35-23-11-7-6-10-22(23)26(34)29-27(36)31-30-25(33)20-12-14-21(15-13-20)28-24(32)19-8-4-3-5-9-19/h6-7,10-15,18-19H,3-5,8-9,16-17H2,1-2H3,(H,28,32)(H,30,33)(H2,29,31,34,36). The van der Waals surface area contributed by atoms with Gasteiger partial charge in [-0.15, -0.1) is 0 Å². The third-order valence-electron chi connectivity index (χ3n) is 5.99. The molecule has 1 saturated carbocycles. The van der Waals surface area contributed by atoms with Crippen LogP contribution in [0.2, 0.25) is 0 Å². The Balaban J connectivity index is 1.46. The molecule has 1 aliphatic carbocycles. The van der Waals surface area contributed by atoms with Gasteiger partial charge in [-0.3, -0.25) is 30.6 Å². The normalized spacial score (nSPS) is 13.5. The monoisotopic (exact) mass is 510 g/mol. The number of thiocarbonyl (C=S) groups is 1. The van der Waals surface area contributed by atoms with Crippen molar-refractivity contribution in [2.24, 2.45) is 11.8 Å². The van der Waals surface area contributed by atoms with Crippen molar-refractivity contribution in [1.29, 1.82) is 0 Å². The maximum absolute atomic E-state index is 12.7. The Bertz CT molecular complexity index is 1070. The minimum Gasteiger partial charge on any atom is -0.493 e. The van der Waals surface area contributed by atoms with E-state index in [1.807, 2.05) is 0 Å². The fraction of sp³-hybridized carbons (Fsp3) is 0.407. The summed E-state index contributed by atoms with van der Waals surface area (Å²) in [7, 11) is 0. The van der Waals surface area contributed by atoms with Crippen molar-refractivity contribution in [2.75, 3.05) is 11.9 Å². The number of ether oxygens (including phenoxy) is 1. The summed E-state index contributed by atoms with van der Waals surface area (Å²) in [6, 6.07) is 13.5. The van der Waals surface area contributed by atoms with Crippen LogP contribution in [0.1, 0.15) is 73.1 Å². The number of anilines is 1. The Morgan fingerprint density at radius 1 is 0.944 bits per heavy atom. The summed E-state index contributed by atoms with van der Waals surface area (Å²) in [4.78, 5) is 37.5. The quantitative estimate of drug-likeness (QED) is 0.306. The van der Waals surface area contributed by atoms with Crippen molar-refractivity contribution in [1.82, 2.24) is 16.2 Å². The van der Waals surface area contributed by atoms with Crippen LogP contribution in [0.3, 0.4) is 0 Å². The van der Waals surface area contributed by atoms with Crippen LogP contribution in [0.15, 0.2) is 48.5 Å². The molecule has 0 aromatic heterocycles. The smallest absolute Gasteiger partial charge is 0.269 e. The molecule has 2 aromatic carbocycles. The first-order chi connectivity index (χ1) is 17.3. The van der Waals surface area contributed by atoms with Crippen LogP contribution in [0, 0.1) is 11.8 Å².